The highest BCUT2D eigenvalue weighted by Gasteiger charge is 2.29. The van der Waals surface area contributed by atoms with Crippen LogP contribution in [0.2, 0.25) is 0 Å². The number of hydrogen-bond acceptors (Lipinski definition) is 3. The minimum absolute atomic E-state index is 0.171. The molecule has 1 atom stereocenters. The summed E-state index contributed by atoms with van der Waals surface area (Å²) in [5, 5.41) is 0. The van der Waals surface area contributed by atoms with Crippen LogP contribution in [-0.2, 0) is 4.74 Å². The number of nitrogens with zero attached hydrogens (tertiary/aromatic N) is 2. The van der Waals surface area contributed by atoms with Gasteiger partial charge in [0.1, 0.15) is 11.5 Å². The Hall–Kier alpha value is -2.03. The van der Waals surface area contributed by atoms with Crippen molar-refractivity contribution in [2.24, 2.45) is 4.99 Å². The molecule has 0 fully saturated rings. The number of anilines is 1. The zero-order chi connectivity index (χ0) is 11.8. The lowest BCUT2D eigenvalue weighted by Gasteiger charge is -2.35. The van der Waals surface area contributed by atoms with Crippen molar-refractivity contribution in [2.45, 2.75) is 6.04 Å². The van der Waals surface area contributed by atoms with Gasteiger partial charge in [0.2, 0.25) is 0 Å². The van der Waals surface area contributed by atoms with E-state index in [1.54, 1.807) is 7.11 Å². The summed E-state index contributed by atoms with van der Waals surface area (Å²) in [7, 11) is 3.77. The molecule has 0 spiro atoms. The van der Waals surface area contributed by atoms with E-state index in [1.807, 2.05) is 30.4 Å². The first-order valence-corrected chi connectivity index (χ1v) is 5.64. The number of methoxy groups -OCH3 is 1. The van der Waals surface area contributed by atoms with E-state index < -0.39 is 0 Å². The average Bonchev–Trinajstić information content (AvgIpc) is 2.38. The summed E-state index contributed by atoms with van der Waals surface area (Å²) in [6, 6.07) is 8.33. The fourth-order valence-corrected chi connectivity index (χ4v) is 2.31. The van der Waals surface area contributed by atoms with Gasteiger partial charge in [-0.05, 0) is 18.2 Å². The summed E-state index contributed by atoms with van der Waals surface area (Å²) in [5.74, 6) is 0.846. The highest BCUT2D eigenvalue weighted by atomic mass is 16.5. The van der Waals surface area contributed by atoms with Crippen molar-refractivity contribution < 1.29 is 4.74 Å². The van der Waals surface area contributed by atoms with Gasteiger partial charge in [0.05, 0.1) is 24.5 Å². The number of benzene rings is 1. The summed E-state index contributed by atoms with van der Waals surface area (Å²) < 4.78 is 5.38. The smallest absolute Gasteiger partial charge is 0.142 e. The maximum atomic E-state index is 5.38. The number of para-hydroxylation sites is 2. The Bertz CT molecular complexity index is 543. The van der Waals surface area contributed by atoms with Gasteiger partial charge in [-0.3, -0.25) is 0 Å². The molecule has 17 heavy (non-hydrogen) atoms. The van der Waals surface area contributed by atoms with E-state index in [9.17, 15) is 0 Å². The number of allylic oxidation sites excluding steroid dienone is 2. The van der Waals surface area contributed by atoms with E-state index in [-0.39, 0.29) is 6.04 Å². The fraction of sp³-hybridized carbons (Fsp3) is 0.214. The minimum Gasteiger partial charge on any atom is -0.495 e. The molecule has 0 amide bonds. The molecule has 1 unspecified atom stereocenters. The molecule has 1 aliphatic carbocycles. The Morgan fingerprint density at radius 3 is 2.94 bits per heavy atom. The fourth-order valence-electron chi connectivity index (χ4n) is 2.31. The molecule has 3 rings (SSSR count). The van der Waals surface area contributed by atoms with Crippen LogP contribution in [0.1, 0.15) is 0 Å². The van der Waals surface area contributed by atoms with Crippen LogP contribution in [0.15, 0.2) is 53.2 Å². The van der Waals surface area contributed by atoms with Gasteiger partial charge in [-0.2, -0.15) is 0 Å². The third kappa shape index (κ3) is 1.46. The van der Waals surface area contributed by atoms with Crippen molar-refractivity contribution in [3.05, 3.63) is 48.3 Å². The SMILES string of the molecule is COC1=CC=CC2C1=Nc1ccccc1N2C. The second kappa shape index (κ2) is 3.77. The summed E-state index contributed by atoms with van der Waals surface area (Å²) in [6.45, 7) is 0. The molecular formula is C14H14N2O. The van der Waals surface area contributed by atoms with Crippen molar-refractivity contribution >= 4 is 17.1 Å². The van der Waals surface area contributed by atoms with Gasteiger partial charge in [-0.25, -0.2) is 4.99 Å². The van der Waals surface area contributed by atoms with Crippen LogP contribution in [0.3, 0.4) is 0 Å². The van der Waals surface area contributed by atoms with E-state index in [0.29, 0.717) is 0 Å². The van der Waals surface area contributed by atoms with Gasteiger partial charge in [-0.15, -0.1) is 0 Å². The van der Waals surface area contributed by atoms with Gasteiger partial charge in [0.15, 0.2) is 0 Å². The van der Waals surface area contributed by atoms with Gasteiger partial charge >= 0.3 is 0 Å². The molecule has 0 saturated heterocycles. The lowest BCUT2D eigenvalue weighted by Crippen LogP contribution is -2.41. The van der Waals surface area contributed by atoms with Gasteiger partial charge in [-0.1, -0.05) is 24.3 Å². The summed E-state index contributed by atoms with van der Waals surface area (Å²) >= 11 is 0. The number of hydrogen-bond donors (Lipinski definition) is 0. The number of fused-ring (bicyclic) bond motifs is 2. The Labute approximate surface area is 101 Å². The molecule has 0 aromatic heterocycles. The quantitative estimate of drug-likeness (QED) is 0.735. The van der Waals surface area contributed by atoms with E-state index in [2.05, 4.69) is 24.1 Å². The Morgan fingerprint density at radius 2 is 2.12 bits per heavy atom. The highest BCUT2D eigenvalue weighted by molar-refractivity contribution is 6.10. The monoisotopic (exact) mass is 226 g/mol. The molecule has 1 heterocycles. The number of rotatable bonds is 1. The lowest BCUT2D eigenvalue weighted by molar-refractivity contribution is 0.312. The molecule has 0 bridgehead atoms. The molecule has 0 N–H and O–H groups in total. The Kier molecular flexibility index (Phi) is 2.25. The molecule has 0 radical (unpaired) electrons. The van der Waals surface area contributed by atoms with E-state index in [0.717, 1.165) is 22.8 Å². The van der Waals surface area contributed by atoms with Crippen molar-refractivity contribution in [2.75, 3.05) is 19.1 Å². The predicted molar refractivity (Wildman–Crippen MR) is 70.0 cm³/mol. The van der Waals surface area contributed by atoms with Crippen LogP contribution in [-0.4, -0.2) is 25.9 Å². The third-order valence-corrected chi connectivity index (χ3v) is 3.21. The molecule has 1 aromatic rings. The topological polar surface area (TPSA) is 24.8 Å². The maximum Gasteiger partial charge on any atom is 0.142 e. The van der Waals surface area contributed by atoms with E-state index in [1.165, 1.54) is 0 Å². The minimum atomic E-state index is 0.171. The first-order chi connectivity index (χ1) is 8.31. The number of aliphatic imine (C=N–C) groups is 1. The van der Waals surface area contributed by atoms with Crippen LogP contribution in [0.5, 0.6) is 0 Å². The van der Waals surface area contributed by atoms with Crippen molar-refractivity contribution in [3.63, 3.8) is 0 Å². The van der Waals surface area contributed by atoms with Crippen LogP contribution in [0.25, 0.3) is 0 Å². The number of ether oxygens (including phenoxy) is 1. The maximum absolute atomic E-state index is 5.38. The van der Waals surface area contributed by atoms with Crippen molar-refractivity contribution in [1.82, 2.24) is 0 Å². The van der Waals surface area contributed by atoms with Gasteiger partial charge in [0.25, 0.3) is 0 Å². The summed E-state index contributed by atoms with van der Waals surface area (Å²) in [5.41, 5.74) is 3.14. The van der Waals surface area contributed by atoms with Crippen LogP contribution < -0.4 is 4.90 Å². The Morgan fingerprint density at radius 1 is 1.29 bits per heavy atom. The molecular weight excluding hydrogens is 212 g/mol. The van der Waals surface area contributed by atoms with Crippen molar-refractivity contribution in [3.8, 4) is 0 Å². The van der Waals surface area contributed by atoms with Crippen LogP contribution in [0.4, 0.5) is 11.4 Å². The molecule has 2 aliphatic rings. The predicted octanol–water partition coefficient (Wildman–Crippen LogP) is 2.68. The lowest BCUT2D eigenvalue weighted by atomic mass is 9.99. The molecule has 3 heteroatoms. The second-order valence-corrected chi connectivity index (χ2v) is 4.16. The molecule has 3 nitrogen and oxygen atoms in total. The third-order valence-electron chi connectivity index (χ3n) is 3.21. The second-order valence-electron chi connectivity index (χ2n) is 4.16. The molecule has 0 saturated carbocycles. The standard InChI is InChI=1S/C14H14N2O/c1-16-11-7-4-3-6-10(11)15-14-12(16)8-5-9-13(14)17-2/h3-9,12H,1-2H3. The average molecular weight is 226 g/mol. The molecule has 1 aromatic carbocycles. The molecule has 86 valence electrons. The first-order valence-electron chi connectivity index (χ1n) is 5.64. The largest absolute Gasteiger partial charge is 0.495 e. The van der Waals surface area contributed by atoms with Crippen LogP contribution in [0, 0.1) is 0 Å². The van der Waals surface area contributed by atoms with E-state index >= 15 is 0 Å². The highest BCUT2D eigenvalue weighted by Crippen LogP contribution is 2.36. The van der Waals surface area contributed by atoms with E-state index in [4.69, 9.17) is 9.73 Å². The zero-order valence-corrected chi connectivity index (χ0v) is 9.92. The summed E-state index contributed by atoms with van der Waals surface area (Å²) in [6.07, 6.45) is 6.11. The normalized spacial score (nSPS) is 21.3. The van der Waals surface area contributed by atoms with Crippen molar-refractivity contribution in [1.29, 1.82) is 0 Å². The molecule has 1 aliphatic heterocycles. The van der Waals surface area contributed by atoms with Gasteiger partial charge < -0.3 is 9.64 Å². The zero-order valence-electron chi connectivity index (χ0n) is 9.92. The summed E-state index contributed by atoms with van der Waals surface area (Å²) in [4.78, 5) is 6.92. The Balaban J connectivity index is 2.16. The number of likely N-dealkylation sites (N-methyl/N-ethyl adjacent to an activating group) is 1. The van der Waals surface area contributed by atoms with Crippen LogP contribution >= 0.6 is 0 Å². The van der Waals surface area contributed by atoms with Gasteiger partial charge in [0, 0.05) is 7.05 Å². The first kappa shape index (κ1) is 10.1.